The second-order valence-corrected chi connectivity index (χ2v) is 12.3. The fourth-order valence-corrected chi connectivity index (χ4v) is 5.45. The third-order valence-electron chi connectivity index (χ3n) is 8.21. The second kappa shape index (κ2) is 49.4. The van der Waals surface area contributed by atoms with Crippen LogP contribution >= 0.6 is 0 Å². The molecule has 0 fully saturated rings. The molecule has 40 heavy (non-hydrogen) atoms. The molecule has 0 aromatic carbocycles. The molecule has 0 aliphatic heterocycles. The third kappa shape index (κ3) is 51.4. The Bertz CT molecular complexity index is 305. The lowest BCUT2D eigenvalue weighted by Crippen LogP contribution is -3.00. The molecule has 2 nitrogen and oxygen atoms in total. The SMILES string of the molecule is CCCCCCCCCCCCCCCCCC[NH3+].CCCCCCCCCCCCCCCCCC[NH3+].[Br-].[Cl-]. The van der Waals surface area contributed by atoms with E-state index in [0.717, 1.165) is 13.1 Å². The average Bonchev–Trinajstić information content (AvgIpc) is 2.93. The van der Waals surface area contributed by atoms with Crippen molar-refractivity contribution in [2.45, 2.75) is 219 Å². The molecule has 0 saturated carbocycles. The molecule has 0 aliphatic rings. The molecule has 0 aliphatic carbocycles. The number of hydrogen-bond acceptors (Lipinski definition) is 0. The molecule has 0 rings (SSSR count). The fourth-order valence-electron chi connectivity index (χ4n) is 5.45. The van der Waals surface area contributed by atoms with Crippen LogP contribution in [0.15, 0.2) is 0 Å². The number of rotatable bonds is 32. The Hall–Kier alpha value is 0.690. The maximum absolute atomic E-state index is 3.89. The monoisotopic (exact) mass is 655 g/mol. The van der Waals surface area contributed by atoms with Gasteiger partial charge in [0.25, 0.3) is 0 Å². The van der Waals surface area contributed by atoms with Crippen molar-refractivity contribution in [1.29, 1.82) is 0 Å². The Morgan fingerprint density at radius 1 is 0.250 bits per heavy atom. The lowest BCUT2D eigenvalue weighted by Gasteiger charge is -2.03. The second-order valence-electron chi connectivity index (χ2n) is 12.3. The first-order valence-electron chi connectivity index (χ1n) is 18.4. The summed E-state index contributed by atoms with van der Waals surface area (Å²) in [5.41, 5.74) is 7.78. The third-order valence-corrected chi connectivity index (χ3v) is 8.21. The van der Waals surface area contributed by atoms with Gasteiger partial charge in [-0.1, -0.05) is 194 Å². The smallest absolute Gasteiger partial charge is 0.0739 e. The minimum Gasteiger partial charge on any atom is -1.00 e. The quantitative estimate of drug-likeness (QED) is 0.0961. The number of hydrogen-bond donors (Lipinski definition) is 2. The first-order chi connectivity index (χ1) is 18.8. The molecule has 0 radical (unpaired) electrons. The van der Waals surface area contributed by atoms with Gasteiger partial charge in [0, 0.05) is 0 Å². The molecule has 0 aromatic heterocycles. The minimum absolute atomic E-state index is 0. The van der Waals surface area contributed by atoms with Crippen LogP contribution in [0.5, 0.6) is 0 Å². The fraction of sp³-hybridized carbons (Fsp3) is 1.00. The van der Waals surface area contributed by atoms with Crippen molar-refractivity contribution < 1.29 is 40.9 Å². The molecule has 0 saturated heterocycles. The van der Waals surface area contributed by atoms with E-state index in [1.54, 1.807) is 0 Å². The van der Waals surface area contributed by atoms with Gasteiger partial charge in [0.1, 0.15) is 0 Å². The van der Waals surface area contributed by atoms with E-state index in [1.807, 2.05) is 0 Å². The normalized spacial score (nSPS) is 10.5. The predicted octanol–water partition coefficient (Wildman–Crippen LogP) is 4.99. The summed E-state index contributed by atoms with van der Waals surface area (Å²) in [6.45, 7) is 6.83. The molecule has 0 spiro atoms. The molecule has 0 aromatic rings. The Labute approximate surface area is 272 Å². The van der Waals surface area contributed by atoms with Gasteiger partial charge in [-0.25, -0.2) is 0 Å². The van der Waals surface area contributed by atoms with Gasteiger partial charge in [-0.2, -0.15) is 0 Å². The summed E-state index contributed by atoms with van der Waals surface area (Å²) < 4.78 is 0. The molecule has 0 amide bonds. The number of unbranched alkanes of at least 4 members (excludes halogenated alkanes) is 30. The van der Waals surface area contributed by atoms with Gasteiger partial charge in [0.05, 0.1) is 13.1 Å². The molecule has 4 heteroatoms. The highest BCUT2D eigenvalue weighted by Crippen LogP contribution is 2.14. The molecule has 0 bridgehead atoms. The van der Waals surface area contributed by atoms with E-state index < -0.39 is 0 Å². The largest absolute Gasteiger partial charge is 1.00 e. The molecular weight excluding hydrogens is 576 g/mol. The molecule has 0 unspecified atom stereocenters. The van der Waals surface area contributed by atoms with Crippen molar-refractivity contribution in [2.75, 3.05) is 13.1 Å². The summed E-state index contributed by atoms with van der Waals surface area (Å²) in [6.07, 6.45) is 46.4. The van der Waals surface area contributed by atoms with Crippen LogP contribution in [0.3, 0.4) is 0 Å². The summed E-state index contributed by atoms with van der Waals surface area (Å²) in [6, 6.07) is 0. The van der Waals surface area contributed by atoms with Gasteiger partial charge >= 0.3 is 0 Å². The zero-order valence-corrected chi connectivity index (χ0v) is 30.6. The molecule has 6 N–H and O–H groups in total. The summed E-state index contributed by atoms with van der Waals surface area (Å²) in [5, 5.41) is 0. The van der Waals surface area contributed by atoms with E-state index in [9.17, 15) is 0 Å². The lowest BCUT2D eigenvalue weighted by molar-refractivity contribution is -0.368. The van der Waals surface area contributed by atoms with Crippen molar-refractivity contribution in [1.82, 2.24) is 0 Å². The maximum Gasteiger partial charge on any atom is 0.0739 e. The average molecular weight is 656 g/mol. The summed E-state index contributed by atoms with van der Waals surface area (Å²) in [5.74, 6) is 0. The van der Waals surface area contributed by atoms with Crippen molar-refractivity contribution in [3.05, 3.63) is 0 Å². The van der Waals surface area contributed by atoms with Crippen molar-refractivity contribution >= 4 is 0 Å². The van der Waals surface area contributed by atoms with Crippen LogP contribution in [0.4, 0.5) is 0 Å². The van der Waals surface area contributed by atoms with Crippen LogP contribution in [0, 0.1) is 0 Å². The molecule has 248 valence electrons. The van der Waals surface area contributed by atoms with Gasteiger partial charge in [-0.05, 0) is 25.7 Å². The van der Waals surface area contributed by atoms with Crippen LogP contribution in [-0.4, -0.2) is 13.1 Å². The lowest BCUT2D eigenvalue weighted by atomic mass is 10.0. The Balaban J connectivity index is -0.000000309. The topological polar surface area (TPSA) is 55.3 Å². The zero-order chi connectivity index (χ0) is 28.0. The highest BCUT2D eigenvalue weighted by molar-refractivity contribution is 4.51. The summed E-state index contributed by atoms with van der Waals surface area (Å²) >= 11 is 0. The van der Waals surface area contributed by atoms with Crippen LogP contribution in [0.2, 0.25) is 0 Å². The van der Waals surface area contributed by atoms with E-state index in [2.05, 4.69) is 25.3 Å². The van der Waals surface area contributed by atoms with E-state index >= 15 is 0 Å². The Morgan fingerprint density at radius 2 is 0.375 bits per heavy atom. The van der Waals surface area contributed by atoms with E-state index in [4.69, 9.17) is 0 Å². The zero-order valence-electron chi connectivity index (χ0n) is 28.2. The van der Waals surface area contributed by atoms with Gasteiger partial charge in [0.2, 0.25) is 0 Å². The van der Waals surface area contributed by atoms with Crippen molar-refractivity contribution in [3.8, 4) is 0 Å². The van der Waals surface area contributed by atoms with Crippen molar-refractivity contribution in [2.24, 2.45) is 0 Å². The van der Waals surface area contributed by atoms with E-state index in [0.29, 0.717) is 0 Å². The van der Waals surface area contributed by atoms with Crippen LogP contribution in [0.25, 0.3) is 0 Å². The molecular formula is C36H80BrClN2. The van der Waals surface area contributed by atoms with Crippen LogP contribution in [-0.2, 0) is 0 Å². The van der Waals surface area contributed by atoms with Gasteiger partial charge in [0.15, 0.2) is 0 Å². The van der Waals surface area contributed by atoms with Crippen LogP contribution < -0.4 is 40.9 Å². The standard InChI is InChI=1S/2C18H39N.BrH.ClH/c2*1-2-3-4-5-6-7-8-9-10-11-12-13-14-15-16-17-18-19;;/h2*2-19H2,1H3;2*1H. The molecule has 0 atom stereocenters. The maximum atomic E-state index is 3.89. The predicted molar refractivity (Wildman–Crippen MR) is 175 cm³/mol. The molecule has 0 heterocycles. The Kier molecular flexibility index (Phi) is 58.8. The first-order valence-corrected chi connectivity index (χ1v) is 18.4. The summed E-state index contributed by atoms with van der Waals surface area (Å²) in [4.78, 5) is 0. The number of halogens is 2. The van der Waals surface area contributed by atoms with E-state index in [-0.39, 0.29) is 29.4 Å². The van der Waals surface area contributed by atoms with Crippen LogP contribution in [0.1, 0.15) is 219 Å². The van der Waals surface area contributed by atoms with Gasteiger partial charge in [-0.15, -0.1) is 0 Å². The first kappa shape index (κ1) is 47.6. The van der Waals surface area contributed by atoms with Gasteiger partial charge in [-0.3, -0.25) is 0 Å². The minimum atomic E-state index is 0. The highest BCUT2D eigenvalue weighted by atomic mass is 79.9. The highest BCUT2D eigenvalue weighted by Gasteiger charge is 1.95. The summed E-state index contributed by atoms with van der Waals surface area (Å²) in [7, 11) is 0. The van der Waals surface area contributed by atoms with Crippen molar-refractivity contribution in [3.63, 3.8) is 0 Å². The van der Waals surface area contributed by atoms with E-state index in [1.165, 1.54) is 205 Å². The van der Waals surface area contributed by atoms with Gasteiger partial charge < -0.3 is 40.9 Å². The number of quaternary nitrogens is 2. The Morgan fingerprint density at radius 3 is 0.500 bits per heavy atom.